The van der Waals surface area contributed by atoms with Crippen LogP contribution in [0.5, 0.6) is 0 Å². The molecule has 2 nitrogen and oxygen atoms in total. The zero-order valence-electron chi connectivity index (χ0n) is 9.75. The van der Waals surface area contributed by atoms with Crippen LogP contribution < -0.4 is 5.73 Å². The Bertz CT molecular complexity index is 371. The standard InChI is InChI=1S/C12H18ClNOS/c1-11(2,5-6-14)12(7-15-8-12)9-3-4-10(13)16-9/h3-4H,5-8,14H2,1-2H3. The van der Waals surface area contributed by atoms with Crippen molar-refractivity contribution in [2.75, 3.05) is 19.8 Å². The molecule has 1 aromatic rings. The van der Waals surface area contributed by atoms with Crippen molar-refractivity contribution < 1.29 is 4.74 Å². The van der Waals surface area contributed by atoms with Gasteiger partial charge in [0.1, 0.15) is 0 Å². The van der Waals surface area contributed by atoms with Crippen LogP contribution in [0.25, 0.3) is 0 Å². The Morgan fingerprint density at radius 2 is 2.19 bits per heavy atom. The van der Waals surface area contributed by atoms with Gasteiger partial charge in [0.2, 0.25) is 0 Å². The molecule has 0 bridgehead atoms. The number of rotatable bonds is 4. The third kappa shape index (κ3) is 1.80. The summed E-state index contributed by atoms with van der Waals surface area (Å²) < 4.78 is 6.31. The predicted molar refractivity (Wildman–Crippen MR) is 69.3 cm³/mol. The number of nitrogens with two attached hydrogens (primary N) is 1. The fourth-order valence-corrected chi connectivity index (χ4v) is 3.73. The largest absolute Gasteiger partial charge is 0.379 e. The van der Waals surface area contributed by atoms with Crippen molar-refractivity contribution in [2.24, 2.45) is 11.1 Å². The molecular weight excluding hydrogens is 242 g/mol. The Hall–Kier alpha value is -0.0900. The van der Waals surface area contributed by atoms with E-state index in [9.17, 15) is 0 Å². The molecule has 16 heavy (non-hydrogen) atoms. The third-order valence-corrected chi connectivity index (χ3v) is 5.24. The maximum Gasteiger partial charge on any atom is 0.0931 e. The molecule has 2 heterocycles. The minimum Gasteiger partial charge on any atom is -0.379 e. The van der Waals surface area contributed by atoms with Crippen molar-refractivity contribution in [2.45, 2.75) is 25.7 Å². The molecule has 1 aliphatic rings. The molecule has 1 aromatic heterocycles. The highest BCUT2D eigenvalue weighted by atomic mass is 35.5. The van der Waals surface area contributed by atoms with Gasteiger partial charge in [-0.1, -0.05) is 25.4 Å². The second-order valence-electron chi connectivity index (χ2n) is 5.10. The summed E-state index contributed by atoms with van der Waals surface area (Å²) in [5.41, 5.74) is 5.99. The second-order valence-corrected chi connectivity index (χ2v) is 6.82. The number of thiophene rings is 1. The summed E-state index contributed by atoms with van der Waals surface area (Å²) in [5.74, 6) is 0. The summed E-state index contributed by atoms with van der Waals surface area (Å²) in [6.45, 7) is 6.84. The Labute approximate surface area is 106 Å². The van der Waals surface area contributed by atoms with Gasteiger partial charge in [-0.25, -0.2) is 0 Å². The van der Waals surface area contributed by atoms with Crippen LogP contribution in [0, 0.1) is 5.41 Å². The summed E-state index contributed by atoms with van der Waals surface area (Å²) in [7, 11) is 0. The van der Waals surface area contributed by atoms with E-state index in [0.717, 1.165) is 24.0 Å². The second kappa shape index (κ2) is 4.30. The van der Waals surface area contributed by atoms with E-state index in [-0.39, 0.29) is 10.8 Å². The van der Waals surface area contributed by atoms with Crippen LogP contribution in [-0.4, -0.2) is 19.8 Å². The normalized spacial score (nSPS) is 19.5. The molecule has 90 valence electrons. The highest BCUT2D eigenvalue weighted by Crippen LogP contribution is 2.51. The topological polar surface area (TPSA) is 35.2 Å². The van der Waals surface area contributed by atoms with Crippen LogP contribution in [0.3, 0.4) is 0 Å². The molecule has 0 saturated carbocycles. The SMILES string of the molecule is CC(C)(CCN)C1(c2ccc(Cl)s2)COC1. The van der Waals surface area contributed by atoms with E-state index in [1.54, 1.807) is 11.3 Å². The number of hydrogen-bond acceptors (Lipinski definition) is 3. The molecule has 1 saturated heterocycles. The fourth-order valence-electron chi connectivity index (χ4n) is 2.34. The Balaban J connectivity index is 2.32. The van der Waals surface area contributed by atoms with E-state index in [4.69, 9.17) is 22.1 Å². The quantitative estimate of drug-likeness (QED) is 0.902. The highest BCUT2D eigenvalue weighted by Gasteiger charge is 2.52. The highest BCUT2D eigenvalue weighted by molar-refractivity contribution is 7.16. The molecule has 4 heteroatoms. The van der Waals surface area contributed by atoms with E-state index in [1.807, 2.05) is 6.07 Å². The van der Waals surface area contributed by atoms with Gasteiger partial charge < -0.3 is 10.5 Å². The first-order valence-corrected chi connectivity index (χ1v) is 6.75. The number of ether oxygens (including phenoxy) is 1. The van der Waals surface area contributed by atoms with E-state index >= 15 is 0 Å². The third-order valence-electron chi connectivity index (χ3n) is 3.81. The van der Waals surface area contributed by atoms with Gasteiger partial charge in [0.25, 0.3) is 0 Å². The van der Waals surface area contributed by atoms with Crippen LogP contribution >= 0.6 is 22.9 Å². The number of hydrogen-bond donors (Lipinski definition) is 1. The predicted octanol–water partition coefficient (Wildman–Crippen LogP) is 3.04. The molecule has 0 spiro atoms. The van der Waals surface area contributed by atoms with Crippen molar-refractivity contribution in [3.8, 4) is 0 Å². The van der Waals surface area contributed by atoms with Gasteiger partial charge in [0.05, 0.1) is 23.0 Å². The molecule has 2 rings (SSSR count). The first-order chi connectivity index (χ1) is 7.52. The lowest BCUT2D eigenvalue weighted by atomic mass is 9.61. The summed E-state index contributed by atoms with van der Waals surface area (Å²) in [6.07, 6.45) is 1.01. The van der Waals surface area contributed by atoms with Crippen molar-refractivity contribution >= 4 is 22.9 Å². The zero-order valence-corrected chi connectivity index (χ0v) is 11.3. The molecule has 0 unspecified atom stereocenters. The minimum atomic E-state index is 0.115. The Morgan fingerprint density at radius 1 is 1.50 bits per heavy atom. The van der Waals surface area contributed by atoms with Gasteiger partial charge in [0, 0.05) is 4.88 Å². The van der Waals surface area contributed by atoms with E-state index in [2.05, 4.69) is 19.9 Å². The summed E-state index contributed by atoms with van der Waals surface area (Å²) >= 11 is 7.70. The maximum absolute atomic E-state index is 6.03. The molecule has 1 aliphatic heterocycles. The molecule has 0 aliphatic carbocycles. The number of halogens is 1. The van der Waals surface area contributed by atoms with Gasteiger partial charge in [-0.3, -0.25) is 0 Å². The Kier molecular flexibility index (Phi) is 3.32. The zero-order chi connectivity index (χ0) is 11.8. The molecule has 0 aromatic carbocycles. The van der Waals surface area contributed by atoms with Crippen LogP contribution in [0.4, 0.5) is 0 Å². The van der Waals surface area contributed by atoms with Gasteiger partial charge in [-0.05, 0) is 30.5 Å². The van der Waals surface area contributed by atoms with Gasteiger partial charge in [0.15, 0.2) is 0 Å². The summed E-state index contributed by atoms with van der Waals surface area (Å²) in [6, 6.07) is 4.11. The summed E-state index contributed by atoms with van der Waals surface area (Å²) in [5, 5.41) is 0. The van der Waals surface area contributed by atoms with Gasteiger partial charge in [-0.15, -0.1) is 11.3 Å². The average molecular weight is 260 g/mol. The lowest BCUT2D eigenvalue weighted by Gasteiger charge is -2.52. The van der Waals surface area contributed by atoms with E-state index in [0.29, 0.717) is 6.54 Å². The van der Waals surface area contributed by atoms with E-state index in [1.165, 1.54) is 4.88 Å². The maximum atomic E-state index is 6.03. The monoisotopic (exact) mass is 259 g/mol. The average Bonchev–Trinajstić information content (AvgIpc) is 2.49. The lowest BCUT2D eigenvalue weighted by Crippen LogP contribution is -2.56. The molecular formula is C12H18ClNOS. The molecule has 0 atom stereocenters. The van der Waals surface area contributed by atoms with Crippen LogP contribution in [0.1, 0.15) is 25.1 Å². The van der Waals surface area contributed by atoms with Gasteiger partial charge >= 0.3 is 0 Å². The first-order valence-electron chi connectivity index (χ1n) is 5.55. The summed E-state index contributed by atoms with van der Waals surface area (Å²) in [4.78, 5) is 1.34. The fraction of sp³-hybridized carbons (Fsp3) is 0.667. The van der Waals surface area contributed by atoms with Crippen molar-refractivity contribution in [3.05, 3.63) is 21.3 Å². The molecule has 0 amide bonds. The lowest BCUT2D eigenvalue weighted by molar-refractivity contribution is -0.119. The smallest absolute Gasteiger partial charge is 0.0931 e. The minimum absolute atomic E-state index is 0.115. The van der Waals surface area contributed by atoms with Crippen molar-refractivity contribution in [3.63, 3.8) is 0 Å². The first kappa shape index (κ1) is 12.4. The van der Waals surface area contributed by atoms with E-state index < -0.39 is 0 Å². The van der Waals surface area contributed by atoms with Crippen LogP contribution in [0.15, 0.2) is 12.1 Å². The molecule has 1 fully saturated rings. The van der Waals surface area contributed by atoms with Crippen LogP contribution in [0.2, 0.25) is 4.34 Å². The van der Waals surface area contributed by atoms with Crippen molar-refractivity contribution in [1.29, 1.82) is 0 Å². The molecule has 0 radical (unpaired) electrons. The Morgan fingerprint density at radius 3 is 2.56 bits per heavy atom. The van der Waals surface area contributed by atoms with Crippen molar-refractivity contribution in [1.82, 2.24) is 0 Å². The van der Waals surface area contributed by atoms with Gasteiger partial charge in [-0.2, -0.15) is 0 Å². The van der Waals surface area contributed by atoms with Crippen LogP contribution in [-0.2, 0) is 10.2 Å². The molecule has 2 N–H and O–H groups in total.